The van der Waals surface area contributed by atoms with Gasteiger partial charge in [0.1, 0.15) is 17.5 Å². The summed E-state index contributed by atoms with van der Waals surface area (Å²) >= 11 is 0. The molecule has 0 unspecified atom stereocenters. The quantitative estimate of drug-likeness (QED) is 0.717. The molecule has 0 saturated carbocycles. The van der Waals surface area contributed by atoms with E-state index in [2.05, 4.69) is 0 Å². The Balaban J connectivity index is 1.55. The summed E-state index contributed by atoms with van der Waals surface area (Å²) < 4.78 is 13.7. The lowest BCUT2D eigenvalue weighted by Crippen LogP contribution is -2.42. The van der Waals surface area contributed by atoms with Crippen LogP contribution in [0.5, 0.6) is 0 Å². The summed E-state index contributed by atoms with van der Waals surface area (Å²) in [6.45, 7) is 4.04. The van der Waals surface area contributed by atoms with Crippen molar-refractivity contribution in [3.05, 3.63) is 52.7 Å². The molecule has 0 radical (unpaired) electrons. The Labute approximate surface area is 188 Å². The van der Waals surface area contributed by atoms with Gasteiger partial charge in [-0.15, -0.1) is 0 Å². The number of piperidine rings is 1. The number of carbonyl (C=O) groups excluding carboxylic acids is 2. The maximum atomic E-state index is 13.7. The van der Waals surface area contributed by atoms with Crippen molar-refractivity contribution in [3.63, 3.8) is 0 Å². The SMILES string of the molecule is Cc1nc(C2CCN(C(=O)CN(C)C)CC2)nc2c1CCC(=O)N2Cc1cccc(F)c1. The van der Waals surface area contributed by atoms with Crippen LogP contribution >= 0.6 is 0 Å². The largest absolute Gasteiger partial charge is 0.342 e. The van der Waals surface area contributed by atoms with Gasteiger partial charge in [-0.05, 0) is 58.0 Å². The number of likely N-dealkylation sites (tertiary alicyclic amines) is 1. The summed E-state index contributed by atoms with van der Waals surface area (Å²) in [5.41, 5.74) is 2.62. The first kappa shape index (κ1) is 22.3. The molecule has 0 N–H and O–H groups in total. The highest BCUT2D eigenvalue weighted by Crippen LogP contribution is 2.33. The summed E-state index contributed by atoms with van der Waals surface area (Å²) in [4.78, 5) is 40.2. The number of anilines is 1. The summed E-state index contributed by atoms with van der Waals surface area (Å²) in [6.07, 6.45) is 2.63. The second kappa shape index (κ2) is 9.32. The lowest BCUT2D eigenvalue weighted by atomic mass is 9.94. The number of benzene rings is 1. The monoisotopic (exact) mass is 439 g/mol. The molecule has 1 aromatic heterocycles. The number of halogens is 1. The van der Waals surface area contributed by atoms with Gasteiger partial charge in [0.25, 0.3) is 0 Å². The molecular weight excluding hydrogens is 409 g/mol. The fraction of sp³-hybridized carbons (Fsp3) is 0.500. The third kappa shape index (κ3) is 4.80. The molecular formula is C24H30FN5O2. The predicted molar refractivity (Wildman–Crippen MR) is 120 cm³/mol. The fourth-order valence-electron chi connectivity index (χ4n) is 4.52. The number of nitrogens with zero attached hydrogens (tertiary/aromatic N) is 5. The third-order valence-electron chi connectivity index (χ3n) is 6.25. The smallest absolute Gasteiger partial charge is 0.236 e. The number of carbonyl (C=O) groups is 2. The van der Waals surface area contributed by atoms with Crippen molar-refractivity contribution < 1.29 is 14.0 Å². The highest BCUT2D eigenvalue weighted by molar-refractivity contribution is 5.95. The van der Waals surface area contributed by atoms with E-state index in [0.29, 0.717) is 38.3 Å². The minimum Gasteiger partial charge on any atom is -0.342 e. The number of amides is 2. The molecule has 0 bridgehead atoms. The van der Waals surface area contributed by atoms with Crippen LogP contribution in [0.25, 0.3) is 0 Å². The molecule has 1 saturated heterocycles. The number of likely N-dealkylation sites (N-methyl/N-ethyl adjacent to an activating group) is 1. The van der Waals surface area contributed by atoms with Gasteiger partial charge in [0, 0.05) is 36.7 Å². The molecule has 8 heteroatoms. The lowest BCUT2D eigenvalue weighted by molar-refractivity contribution is -0.132. The van der Waals surface area contributed by atoms with E-state index in [0.717, 1.165) is 35.5 Å². The van der Waals surface area contributed by atoms with Crippen LogP contribution in [0.1, 0.15) is 47.8 Å². The van der Waals surface area contributed by atoms with Crippen molar-refractivity contribution in [2.24, 2.45) is 0 Å². The summed E-state index contributed by atoms with van der Waals surface area (Å²) in [7, 11) is 3.79. The van der Waals surface area contributed by atoms with E-state index >= 15 is 0 Å². The van der Waals surface area contributed by atoms with Crippen molar-refractivity contribution >= 4 is 17.6 Å². The Morgan fingerprint density at radius 3 is 2.62 bits per heavy atom. The number of hydrogen-bond donors (Lipinski definition) is 0. The maximum absolute atomic E-state index is 13.7. The maximum Gasteiger partial charge on any atom is 0.236 e. The van der Waals surface area contributed by atoms with Crippen molar-refractivity contribution in [1.82, 2.24) is 19.8 Å². The molecule has 170 valence electrons. The van der Waals surface area contributed by atoms with Gasteiger partial charge >= 0.3 is 0 Å². The van der Waals surface area contributed by atoms with Gasteiger partial charge in [0.05, 0.1) is 13.1 Å². The molecule has 0 aliphatic carbocycles. The zero-order valence-corrected chi connectivity index (χ0v) is 19.0. The van der Waals surface area contributed by atoms with E-state index in [-0.39, 0.29) is 30.1 Å². The van der Waals surface area contributed by atoms with Crippen LogP contribution in [0.4, 0.5) is 10.2 Å². The van der Waals surface area contributed by atoms with E-state index < -0.39 is 0 Å². The van der Waals surface area contributed by atoms with Crippen LogP contribution in [0, 0.1) is 12.7 Å². The Bertz CT molecular complexity index is 1020. The second-order valence-corrected chi connectivity index (χ2v) is 8.97. The topological polar surface area (TPSA) is 69.6 Å². The Morgan fingerprint density at radius 1 is 1.19 bits per heavy atom. The zero-order chi connectivity index (χ0) is 22.8. The minimum absolute atomic E-state index is 0.00471. The third-order valence-corrected chi connectivity index (χ3v) is 6.25. The van der Waals surface area contributed by atoms with Crippen LogP contribution < -0.4 is 4.90 Å². The van der Waals surface area contributed by atoms with Gasteiger partial charge in [-0.3, -0.25) is 14.5 Å². The Hall–Kier alpha value is -2.87. The van der Waals surface area contributed by atoms with E-state index in [1.807, 2.05) is 36.9 Å². The van der Waals surface area contributed by atoms with Gasteiger partial charge in [-0.1, -0.05) is 12.1 Å². The van der Waals surface area contributed by atoms with Crippen molar-refractivity contribution in [2.45, 2.75) is 45.1 Å². The van der Waals surface area contributed by atoms with E-state index in [1.54, 1.807) is 11.0 Å². The second-order valence-electron chi connectivity index (χ2n) is 8.97. The number of fused-ring (bicyclic) bond motifs is 1. The first-order valence-corrected chi connectivity index (χ1v) is 11.2. The normalized spacial score (nSPS) is 17.1. The minimum atomic E-state index is -0.317. The van der Waals surface area contributed by atoms with Crippen LogP contribution in [-0.4, -0.2) is 65.3 Å². The average molecular weight is 440 g/mol. The molecule has 1 aromatic carbocycles. The van der Waals surface area contributed by atoms with E-state index in [9.17, 15) is 14.0 Å². The molecule has 2 aliphatic rings. The average Bonchev–Trinajstić information content (AvgIpc) is 2.75. The van der Waals surface area contributed by atoms with E-state index in [1.165, 1.54) is 12.1 Å². The Morgan fingerprint density at radius 2 is 1.94 bits per heavy atom. The molecule has 2 aromatic rings. The van der Waals surface area contributed by atoms with Gasteiger partial charge in [0.2, 0.25) is 11.8 Å². The van der Waals surface area contributed by atoms with Crippen LogP contribution in [-0.2, 0) is 22.6 Å². The van der Waals surface area contributed by atoms with Gasteiger partial charge in [0.15, 0.2) is 0 Å². The van der Waals surface area contributed by atoms with Gasteiger partial charge in [-0.25, -0.2) is 14.4 Å². The molecule has 3 heterocycles. The molecule has 4 rings (SSSR count). The highest BCUT2D eigenvalue weighted by atomic mass is 19.1. The number of hydrogen-bond acceptors (Lipinski definition) is 5. The summed E-state index contributed by atoms with van der Waals surface area (Å²) in [6, 6.07) is 6.33. The Kier molecular flexibility index (Phi) is 6.50. The van der Waals surface area contributed by atoms with Crippen molar-refractivity contribution in [3.8, 4) is 0 Å². The van der Waals surface area contributed by atoms with Gasteiger partial charge in [-0.2, -0.15) is 0 Å². The van der Waals surface area contributed by atoms with Crippen LogP contribution in [0.3, 0.4) is 0 Å². The van der Waals surface area contributed by atoms with Crippen molar-refractivity contribution in [2.75, 3.05) is 38.6 Å². The molecule has 2 amide bonds. The number of aromatic nitrogens is 2. The van der Waals surface area contributed by atoms with Crippen molar-refractivity contribution in [1.29, 1.82) is 0 Å². The molecule has 1 fully saturated rings. The zero-order valence-electron chi connectivity index (χ0n) is 19.0. The molecule has 7 nitrogen and oxygen atoms in total. The first-order chi connectivity index (χ1) is 15.3. The predicted octanol–water partition coefficient (Wildman–Crippen LogP) is 2.67. The molecule has 2 aliphatic heterocycles. The van der Waals surface area contributed by atoms with E-state index in [4.69, 9.17) is 9.97 Å². The number of aryl methyl sites for hydroxylation is 1. The summed E-state index contributed by atoms with van der Waals surface area (Å²) in [5.74, 6) is 1.36. The highest BCUT2D eigenvalue weighted by Gasteiger charge is 2.31. The van der Waals surface area contributed by atoms with Gasteiger partial charge < -0.3 is 9.80 Å². The molecule has 0 spiro atoms. The lowest BCUT2D eigenvalue weighted by Gasteiger charge is -2.34. The first-order valence-electron chi connectivity index (χ1n) is 11.2. The summed E-state index contributed by atoms with van der Waals surface area (Å²) in [5, 5.41) is 0. The molecule has 0 atom stereocenters. The fourth-order valence-corrected chi connectivity index (χ4v) is 4.52. The molecule has 32 heavy (non-hydrogen) atoms. The standard InChI is InChI=1S/C24H30FN5O2/c1-16-20-7-8-21(31)30(14-17-5-4-6-19(25)13-17)24(20)27-23(26-16)18-9-11-29(12-10-18)22(32)15-28(2)3/h4-6,13,18H,7-12,14-15H2,1-3H3. The van der Waals surface area contributed by atoms with Crippen LogP contribution in [0.15, 0.2) is 24.3 Å². The van der Waals surface area contributed by atoms with Crippen LogP contribution in [0.2, 0.25) is 0 Å². The number of rotatable bonds is 5.